The quantitative estimate of drug-likeness (QED) is 0.595. The molecule has 1 N–H and O–H groups in total. The molecule has 1 nitrogen and oxygen atoms in total. The van der Waals surface area contributed by atoms with E-state index >= 15 is 0 Å². The number of hydrogen-bond donors (Lipinski definition) is 1. The number of hydrogen-bond acceptors (Lipinski definition) is 2. The summed E-state index contributed by atoms with van der Waals surface area (Å²) in [6.45, 7) is 4.97. The maximum absolute atomic E-state index is 9.43. The lowest BCUT2D eigenvalue weighted by molar-refractivity contribution is 0.154. The fourth-order valence-corrected chi connectivity index (χ4v) is 6.16. The molecule has 24 heavy (non-hydrogen) atoms. The molecule has 1 aromatic rings. The van der Waals surface area contributed by atoms with Crippen LogP contribution < -0.4 is 0 Å². The first kappa shape index (κ1) is 18.4. The maximum Gasteiger partial charge on any atom is 0.0436 e. The van der Waals surface area contributed by atoms with Gasteiger partial charge in [0, 0.05) is 21.8 Å². The predicted octanol–water partition coefficient (Wildman–Crippen LogP) is 6.59. The molecular formula is C21H29ClOS. The van der Waals surface area contributed by atoms with E-state index in [0.717, 1.165) is 11.4 Å². The minimum atomic E-state index is 0.328. The summed E-state index contributed by atoms with van der Waals surface area (Å²) in [5.41, 5.74) is 3.45. The zero-order valence-corrected chi connectivity index (χ0v) is 16.4. The van der Waals surface area contributed by atoms with Gasteiger partial charge in [-0.2, -0.15) is 0 Å². The first-order valence-corrected chi connectivity index (χ1v) is 10.6. The van der Waals surface area contributed by atoms with Crippen molar-refractivity contribution in [3.63, 3.8) is 0 Å². The molecule has 1 aliphatic heterocycles. The summed E-state index contributed by atoms with van der Waals surface area (Å²) in [5, 5.41) is 10.9. The molecule has 3 rings (SSSR count). The zero-order chi connectivity index (χ0) is 17.2. The molecule has 0 amide bonds. The monoisotopic (exact) mass is 364 g/mol. The third-order valence-corrected chi connectivity index (χ3v) is 7.96. The maximum atomic E-state index is 9.43. The second-order valence-electron chi connectivity index (χ2n) is 7.56. The second kappa shape index (κ2) is 7.85. The van der Waals surface area contributed by atoms with Crippen LogP contribution in [0.4, 0.5) is 0 Å². The molecule has 0 fully saturated rings. The van der Waals surface area contributed by atoms with Crippen LogP contribution in [0.1, 0.15) is 70.3 Å². The van der Waals surface area contributed by atoms with E-state index in [1.807, 2.05) is 17.8 Å². The van der Waals surface area contributed by atoms with E-state index in [1.165, 1.54) is 49.0 Å². The Hall–Kier alpha value is -0.440. The Morgan fingerprint density at radius 1 is 1.33 bits per heavy atom. The van der Waals surface area contributed by atoms with Gasteiger partial charge in [-0.15, -0.1) is 11.8 Å². The van der Waals surface area contributed by atoms with Crippen LogP contribution in [0.5, 0.6) is 0 Å². The molecule has 132 valence electrons. The van der Waals surface area contributed by atoms with Crippen LogP contribution in [0.15, 0.2) is 34.7 Å². The first-order chi connectivity index (χ1) is 11.6. The molecule has 0 saturated carbocycles. The summed E-state index contributed by atoms with van der Waals surface area (Å²) < 4.78 is 0. The van der Waals surface area contributed by atoms with Crippen LogP contribution in [0, 0.1) is 5.41 Å². The SMILES string of the molecule is CCC1(CCO)CCC=C(CC2Sc3cc(Cl)ccc3C2C)CC1. The number of allylic oxidation sites excluding steroid dienone is 2. The topological polar surface area (TPSA) is 20.2 Å². The van der Waals surface area contributed by atoms with Gasteiger partial charge >= 0.3 is 0 Å². The third-order valence-electron chi connectivity index (χ3n) is 6.24. The summed E-state index contributed by atoms with van der Waals surface area (Å²) in [6.07, 6.45) is 10.7. The fourth-order valence-electron chi connectivity index (χ4n) is 4.37. The lowest BCUT2D eigenvalue weighted by atomic mass is 9.75. The number of aliphatic hydroxyl groups is 1. The highest BCUT2D eigenvalue weighted by Crippen LogP contribution is 2.49. The van der Waals surface area contributed by atoms with Crippen molar-refractivity contribution in [2.24, 2.45) is 5.41 Å². The van der Waals surface area contributed by atoms with Gasteiger partial charge in [0.2, 0.25) is 0 Å². The van der Waals surface area contributed by atoms with Crippen molar-refractivity contribution in [2.75, 3.05) is 6.61 Å². The Morgan fingerprint density at radius 2 is 2.17 bits per heavy atom. The van der Waals surface area contributed by atoms with Gasteiger partial charge in [0.25, 0.3) is 0 Å². The van der Waals surface area contributed by atoms with Crippen LogP contribution in [-0.2, 0) is 0 Å². The summed E-state index contributed by atoms with van der Waals surface area (Å²) in [4.78, 5) is 1.37. The van der Waals surface area contributed by atoms with E-state index in [2.05, 4.69) is 32.1 Å². The number of fused-ring (bicyclic) bond motifs is 1. The smallest absolute Gasteiger partial charge is 0.0436 e. The van der Waals surface area contributed by atoms with Crippen molar-refractivity contribution >= 4 is 23.4 Å². The van der Waals surface area contributed by atoms with Gasteiger partial charge in [0.15, 0.2) is 0 Å². The highest BCUT2D eigenvalue weighted by atomic mass is 35.5. The number of rotatable bonds is 5. The van der Waals surface area contributed by atoms with Crippen LogP contribution in [-0.4, -0.2) is 17.0 Å². The molecule has 0 radical (unpaired) electrons. The molecule has 1 aliphatic carbocycles. The molecule has 3 atom stereocenters. The Kier molecular flexibility index (Phi) is 6.00. The Labute approximate surface area is 155 Å². The van der Waals surface area contributed by atoms with E-state index in [9.17, 15) is 5.11 Å². The molecule has 0 spiro atoms. The molecule has 2 aliphatic rings. The van der Waals surface area contributed by atoms with Crippen molar-refractivity contribution in [3.05, 3.63) is 40.4 Å². The Balaban J connectivity index is 1.64. The van der Waals surface area contributed by atoms with Crippen molar-refractivity contribution in [1.82, 2.24) is 0 Å². The fraction of sp³-hybridized carbons (Fsp3) is 0.619. The van der Waals surface area contributed by atoms with Gasteiger partial charge < -0.3 is 5.11 Å². The summed E-state index contributed by atoms with van der Waals surface area (Å²) in [6, 6.07) is 6.36. The van der Waals surface area contributed by atoms with Crippen LogP contribution in [0.3, 0.4) is 0 Å². The van der Waals surface area contributed by atoms with E-state index in [4.69, 9.17) is 11.6 Å². The van der Waals surface area contributed by atoms with Crippen LogP contribution in [0.25, 0.3) is 0 Å². The lowest BCUT2D eigenvalue weighted by Gasteiger charge is -2.31. The summed E-state index contributed by atoms with van der Waals surface area (Å²) >= 11 is 8.17. The molecule has 0 aromatic heterocycles. The van der Waals surface area contributed by atoms with Crippen molar-refractivity contribution in [3.8, 4) is 0 Å². The highest BCUT2D eigenvalue weighted by Gasteiger charge is 2.33. The normalized spacial score (nSPS) is 29.9. The number of halogens is 1. The van der Waals surface area contributed by atoms with Crippen molar-refractivity contribution in [2.45, 2.75) is 74.9 Å². The molecule has 1 heterocycles. The van der Waals surface area contributed by atoms with E-state index in [0.29, 0.717) is 23.2 Å². The molecule has 0 bridgehead atoms. The van der Waals surface area contributed by atoms with Crippen LogP contribution in [0.2, 0.25) is 5.02 Å². The molecule has 3 unspecified atom stereocenters. The van der Waals surface area contributed by atoms with Gasteiger partial charge in [-0.1, -0.05) is 49.6 Å². The largest absolute Gasteiger partial charge is 0.396 e. The highest BCUT2D eigenvalue weighted by molar-refractivity contribution is 8.00. The molecule has 0 saturated heterocycles. The molecule has 3 heteroatoms. The average Bonchev–Trinajstić information content (AvgIpc) is 2.74. The minimum absolute atomic E-state index is 0.328. The average molecular weight is 365 g/mol. The lowest BCUT2D eigenvalue weighted by Crippen LogP contribution is -2.20. The van der Waals surface area contributed by atoms with Crippen molar-refractivity contribution in [1.29, 1.82) is 0 Å². The Morgan fingerprint density at radius 3 is 2.92 bits per heavy atom. The van der Waals surface area contributed by atoms with Gasteiger partial charge in [-0.25, -0.2) is 0 Å². The standard InChI is InChI=1S/C21H29ClOS/c1-3-21(11-12-23)9-4-5-16(8-10-21)13-19-15(2)18-7-6-17(22)14-20(18)24-19/h5-7,14-15,19,23H,3-4,8-13H2,1-2H3. The number of benzene rings is 1. The first-order valence-electron chi connectivity index (χ1n) is 9.32. The summed E-state index contributed by atoms with van der Waals surface area (Å²) in [5.74, 6) is 0.597. The molecule has 1 aromatic carbocycles. The van der Waals surface area contributed by atoms with Crippen molar-refractivity contribution < 1.29 is 5.11 Å². The van der Waals surface area contributed by atoms with Gasteiger partial charge in [0.05, 0.1) is 0 Å². The van der Waals surface area contributed by atoms with E-state index < -0.39 is 0 Å². The zero-order valence-electron chi connectivity index (χ0n) is 14.9. The van der Waals surface area contributed by atoms with Gasteiger partial charge in [0.1, 0.15) is 0 Å². The number of thioether (sulfide) groups is 1. The van der Waals surface area contributed by atoms with Gasteiger partial charge in [-0.05, 0) is 67.6 Å². The van der Waals surface area contributed by atoms with Gasteiger partial charge in [-0.3, -0.25) is 0 Å². The van der Waals surface area contributed by atoms with E-state index in [-0.39, 0.29) is 0 Å². The van der Waals surface area contributed by atoms with E-state index in [1.54, 1.807) is 5.57 Å². The summed E-state index contributed by atoms with van der Waals surface area (Å²) in [7, 11) is 0. The Bertz CT molecular complexity index is 612. The van der Waals surface area contributed by atoms with Crippen LogP contribution >= 0.6 is 23.4 Å². The second-order valence-corrected chi connectivity index (χ2v) is 9.28. The molecular weight excluding hydrogens is 336 g/mol. The number of aliphatic hydroxyl groups excluding tert-OH is 1. The third kappa shape index (κ3) is 3.86. The predicted molar refractivity (Wildman–Crippen MR) is 105 cm³/mol. The minimum Gasteiger partial charge on any atom is -0.396 e.